The van der Waals surface area contributed by atoms with Crippen LogP contribution in [-0.2, 0) is 0 Å². The fourth-order valence-electron chi connectivity index (χ4n) is 0.715. The van der Waals surface area contributed by atoms with Gasteiger partial charge in [0.2, 0.25) is 0 Å². The predicted molar refractivity (Wildman–Crippen MR) is 43.9 cm³/mol. The first-order valence-electron chi connectivity index (χ1n) is 3.02. The molecule has 0 atom stereocenters. The zero-order valence-corrected chi connectivity index (χ0v) is 6.47. The first-order chi connectivity index (χ1) is 4.83. The van der Waals surface area contributed by atoms with Crippen molar-refractivity contribution in [3.63, 3.8) is 0 Å². The SMILES string of the molecule is Cc1ccnc(C=CCl)c1. The second kappa shape index (κ2) is 3.37. The number of pyridine rings is 1. The van der Waals surface area contributed by atoms with Crippen LogP contribution in [0.15, 0.2) is 23.9 Å². The molecule has 1 nitrogen and oxygen atoms in total. The molecule has 0 N–H and O–H groups in total. The van der Waals surface area contributed by atoms with Crippen molar-refractivity contribution in [1.82, 2.24) is 4.98 Å². The molecular formula is C8H8ClN. The van der Waals surface area contributed by atoms with Gasteiger partial charge in [-0.15, -0.1) is 0 Å². The first kappa shape index (κ1) is 7.29. The van der Waals surface area contributed by atoms with Gasteiger partial charge in [0.15, 0.2) is 0 Å². The van der Waals surface area contributed by atoms with E-state index in [1.54, 1.807) is 12.3 Å². The molecule has 52 valence electrons. The van der Waals surface area contributed by atoms with Crippen molar-refractivity contribution in [2.45, 2.75) is 6.92 Å². The van der Waals surface area contributed by atoms with Crippen LogP contribution in [0.25, 0.3) is 6.08 Å². The molecule has 0 saturated heterocycles. The van der Waals surface area contributed by atoms with Crippen molar-refractivity contribution < 1.29 is 0 Å². The van der Waals surface area contributed by atoms with E-state index in [-0.39, 0.29) is 0 Å². The highest BCUT2D eigenvalue weighted by molar-refractivity contribution is 6.27. The zero-order chi connectivity index (χ0) is 7.40. The van der Waals surface area contributed by atoms with E-state index in [1.807, 2.05) is 19.1 Å². The van der Waals surface area contributed by atoms with Gasteiger partial charge in [-0.05, 0) is 30.7 Å². The molecule has 0 radical (unpaired) electrons. The molecular weight excluding hydrogens is 146 g/mol. The largest absolute Gasteiger partial charge is 0.257 e. The number of halogens is 1. The zero-order valence-electron chi connectivity index (χ0n) is 5.71. The molecule has 0 spiro atoms. The number of aromatic nitrogens is 1. The fourth-order valence-corrected chi connectivity index (χ4v) is 0.844. The summed E-state index contributed by atoms with van der Waals surface area (Å²) in [6.45, 7) is 2.02. The van der Waals surface area contributed by atoms with Crippen LogP contribution >= 0.6 is 11.6 Å². The van der Waals surface area contributed by atoms with Crippen molar-refractivity contribution in [2.24, 2.45) is 0 Å². The number of hydrogen-bond acceptors (Lipinski definition) is 1. The summed E-state index contributed by atoms with van der Waals surface area (Å²) in [5.41, 5.74) is 3.55. The van der Waals surface area contributed by atoms with Crippen molar-refractivity contribution >= 4 is 17.7 Å². The smallest absolute Gasteiger partial charge is 0.0641 e. The molecule has 0 amide bonds. The Morgan fingerprint density at radius 2 is 2.40 bits per heavy atom. The number of hydrogen-bond donors (Lipinski definition) is 0. The maximum absolute atomic E-state index is 5.37. The molecule has 2 heteroatoms. The Balaban J connectivity index is 2.95. The van der Waals surface area contributed by atoms with Crippen molar-refractivity contribution in [1.29, 1.82) is 0 Å². The summed E-state index contributed by atoms with van der Waals surface area (Å²) in [6.07, 6.45) is 3.52. The Morgan fingerprint density at radius 3 is 3.00 bits per heavy atom. The molecule has 1 aromatic heterocycles. The third kappa shape index (κ3) is 1.85. The third-order valence-electron chi connectivity index (χ3n) is 1.17. The highest BCUT2D eigenvalue weighted by Gasteiger charge is 1.86. The van der Waals surface area contributed by atoms with Crippen LogP contribution in [0.2, 0.25) is 0 Å². The normalized spacial score (nSPS) is 10.6. The molecule has 0 aliphatic carbocycles. The standard InChI is InChI=1S/C8H8ClN/c1-7-3-5-10-8(6-7)2-4-9/h2-6H,1H3. The lowest BCUT2D eigenvalue weighted by molar-refractivity contribution is 1.26. The molecule has 1 heterocycles. The summed E-state index contributed by atoms with van der Waals surface area (Å²) in [6, 6.07) is 3.92. The molecule has 1 rings (SSSR count). The van der Waals surface area contributed by atoms with E-state index in [9.17, 15) is 0 Å². The Morgan fingerprint density at radius 1 is 1.60 bits per heavy atom. The van der Waals surface area contributed by atoms with Gasteiger partial charge >= 0.3 is 0 Å². The maximum atomic E-state index is 5.37. The lowest BCUT2D eigenvalue weighted by Crippen LogP contribution is -1.79. The summed E-state index contributed by atoms with van der Waals surface area (Å²) in [4.78, 5) is 4.06. The summed E-state index contributed by atoms with van der Waals surface area (Å²) in [7, 11) is 0. The molecule has 1 aromatic rings. The quantitative estimate of drug-likeness (QED) is 0.605. The van der Waals surface area contributed by atoms with Crippen LogP contribution in [-0.4, -0.2) is 4.98 Å². The predicted octanol–water partition coefficient (Wildman–Crippen LogP) is 2.60. The minimum atomic E-state index is 0.898. The van der Waals surface area contributed by atoms with E-state index in [1.165, 1.54) is 11.1 Å². The molecule has 0 saturated carbocycles. The van der Waals surface area contributed by atoms with Gasteiger partial charge in [0.05, 0.1) is 5.69 Å². The van der Waals surface area contributed by atoms with Crippen LogP contribution < -0.4 is 0 Å². The Kier molecular flexibility index (Phi) is 2.46. The molecule has 0 aliphatic heterocycles. The van der Waals surface area contributed by atoms with Crippen LogP contribution in [0.5, 0.6) is 0 Å². The Labute approximate surface area is 65.4 Å². The summed E-state index contributed by atoms with van der Waals surface area (Å²) in [5.74, 6) is 0. The topological polar surface area (TPSA) is 12.9 Å². The van der Waals surface area contributed by atoms with Gasteiger partial charge in [0, 0.05) is 11.7 Å². The van der Waals surface area contributed by atoms with Crippen LogP contribution in [0.4, 0.5) is 0 Å². The van der Waals surface area contributed by atoms with Gasteiger partial charge in [0.25, 0.3) is 0 Å². The van der Waals surface area contributed by atoms with Gasteiger partial charge in [0.1, 0.15) is 0 Å². The molecule has 0 aliphatic rings. The molecule has 0 aromatic carbocycles. The van der Waals surface area contributed by atoms with E-state index >= 15 is 0 Å². The number of aryl methyl sites for hydroxylation is 1. The summed E-state index contributed by atoms with van der Waals surface area (Å²) < 4.78 is 0. The number of rotatable bonds is 1. The van der Waals surface area contributed by atoms with Crippen molar-refractivity contribution in [3.05, 3.63) is 35.1 Å². The maximum Gasteiger partial charge on any atom is 0.0641 e. The van der Waals surface area contributed by atoms with Gasteiger partial charge in [-0.3, -0.25) is 4.98 Å². The van der Waals surface area contributed by atoms with Gasteiger partial charge in [-0.2, -0.15) is 0 Å². The van der Waals surface area contributed by atoms with E-state index in [2.05, 4.69) is 4.98 Å². The third-order valence-corrected chi connectivity index (χ3v) is 1.30. The Bertz CT molecular complexity index is 243. The van der Waals surface area contributed by atoms with E-state index < -0.39 is 0 Å². The summed E-state index contributed by atoms with van der Waals surface area (Å²) in [5, 5.41) is 0. The minimum Gasteiger partial charge on any atom is -0.257 e. The average molecular weight is 154 g/mol. The van der Waals surface area contributed by atoms with E-state index in [0.717, 1.165) is 5.69 Å². The second-order valence-corrected chi connectivity index (χ2v) is 2.30. The van der Waals surface area contributed by atoms with Crippen molar-refractivity contribution in [2.75, 3.05) is 0 Å². The first-order valence-corrected chi connectivity index (χ1v) is 3.46. The molecule has 0 bridgehead atoms. The molecule has 0 fully saturated rings. The lowest BCUT2D eigenvalue weighted by atomic mass is 10.2. The van der Waals surface area contributed by atoms with E-state index in [0.29, 0.717) is 0 Å². The average Bonchev–Trinajstić information content (AvgIpc) is 1.88. The van der Waals surface area contributed by atoms with Crippen LogP contribution in [0, 0.1) is 6.92 Å². The van der Waals surface area contributed by atoms with Gasteiger partial charge in [-0.25, -0.2) is 0 Å². The monoisotopic (exact) mass is 153 g/mol. The van der Waals surface area contributed by atoms with Gasteiger partial charge < -0.3 is 0 Å². The highest BCUT2D eigenvalue weighted by Crippen LogP contribution is 2.01. The van der Waals surface area contributed by atoms with Crippen LogP contribution in [0.1, 0.15) is 11.3 Å². The van der Waals surface area contributed by atoms with Crippen molar-refractivity contribution in [3.8, 4) is 0 Å². The summed E-state index contributed by atoms with van der Waals surface area (Å²) >= 11 is 5.37. The fraction of sp³-hybridized carbons (Fsp3) is 0.125. The Hall–Kier alpha value is -0.820. The van der Waals surface area contributed by atoms with Crippen LogP contribution in [0.3, 0.4) is 0 Å². The van der Waals surface area contributed by atoms with Gasteiger partial charge in [-0.1, -0.05) is 11.6 Å². The molecule has 0 unspecified atom stereocenters. The highest BCUT2D eigenvalue weighted by atomic mass is 35.5. The second-order valence-electron chi connectivity index (χ2n) is 2.05. The molecule has 10 heavy (non-hydrogen) atoms. The minimum absolute atomic E-state index is 0.898. The van der Waals surface area contributed by atoms with E-state index in [4.69, 9.17) is 11.6 Å². The lowest BCUT2D eigenvalue weighted by Gasteiger charge is -1.91. The number of nitrogens with zero attached hydrogens (tertiary/aromatic N) is 1.